The van der Waals surface area contributed by atoms with Gasteiger partial charge in [-0.25, -0.2) is 4.98 Å². The van der Waals surface area contributed by atoms with Gasteiger partial charge in [-0.2, -0.15) is 0 Å². The van der Waals surface area contributed by atoms with Gasteiger partial charge in [0.25, 0.3) is 5.91 Å². The summed E-state index contributed by atoms with van der Waals surface area (Å²) in [5.41, 5.74) is 6.39. The molecule has 156 valence electrons. The van der Waals surface area contributed by atoms with Crippen LogP contribution in [0, 0.1) is 20.8 Å². The van der Waals surface area contributed by atoms with E-state index in [1.807, 2.05) is 43.3 Å². The molecule has 0 unspecified atom stereocenters. The number of hydrogen-bond donors (Lipinski definition) is 1. The van der Waals surface area contributed by atoms with Crippen molar-refractivity contribution >= 4 is 22.4 Å². The van der Waals surface area contributed by atoms with E-state index in [4.69, 9.17) is 4.74 Å². The fourth-order valence-corrected chi connectivity index (χ4v) is 3.89. The van der Waals surface area contributed by atoms with Crippen LogP contribution in [-0.4, -0.2) is 10.9 Å². The lowest BCUT2D eigenvalue weighted by Crippen LogP contribution is -2.11. The molecule has 1 heterocycles. The smallest absolute Gasteiger partial charge is 0.257 e. The van der Waals surface area contributed by atoms with Gasteiger partial charge < -0.3 is 4.74 Å². The SMILES string of the molecule is Cc1ccc(OCc2ccc(C(=O)Nc3ncc(-c4ccc(C)c(C)c4)s3)cc2)cc1. The molecule has 0 fully saturated rings. The predicted octanol–water partition coefficient (Wildman–Crippen LogP) is 6.57. The zero-order valence-electron chi connectivity index (χ0n) is 17.8. The molecule has 3 aromatic carbocycles. The van der Waals surface area contributed by atoms with E-state index in [-0.39, 0.29) is 5.91 Å². The first-order chi connectivity index (χ1) is 15.0. The van der Waals surface area contributed by atoms with Gasteiger partial charge in [-0.3, -0.25) is 10.1 Å². The highest BCUT2D eigenvalue weighted by Gasteiger charge is 2.11. The second kappa shape index (κ2) is 9.14. The Morgan fingerprint density at radius 1 is 0.935 bits per heavy atom. The van der Waals surface area contributed by atoms with Crippen LogP contribution in [-0.2, 0) is 6.61 Å². The standard InChI is InChI=1S/C26H24N2O2S/c1-17-4-12-23(13-5-17)30-16-20-7-10-21(11-8-20)25(29)28-26-27-15-24(31-26)22-9-6-18(2)19(3)14-22/h4-15H,16H2,1-3H3,(H,27,28,29). The summed E-state index contributed by atoms with van der Waals surface area (Å²) in [5, 5.41) is 3.48. The zero-order valence-corrected chi connectivity index (χ0v) is 18.6. The summed E-state index contributed by atoms with van der Waals surface area (Å²) in [7, 11) is 0. The summed E-state index contributed by atoms with van der Waals surface area (Å²) < 4.78 is 5.79. The van der Waals surface area contributed by atoms with Crippen LogP contribution < -0.4 is 10.1 Å². The van der Waals surface area contributed by atoms with Crippen molar-refractivity contribution < 1.29 is 9.53 Å². The van der Waals surface area contributed by atoms with Gasteiger partial charge in [0.05, 0.1) is 4.88 Å². The molecule has 0 bridgehead atoms. The molecule has 0 spiro atoms. The number of amides is 1. The third-order valence-electron chi connectivity index (χ3n) is 5.16. The third-order valence-corrected chi connectivity index (χ3v) is 6.12. The molecule has 1 amide bonds. The maximum Gasteiger partial charge on any atom is 0.257 e. The van der Waals surface area contributed by atoms with Gasteiger partial charge in [0.2, 0.25) is 0 Å². The molecule has 0 saturated carbocycles. The maximum absolute atomic E-state index is 12.6. The number of ether oxygens (including phenoxy) is 1. The van der Waals surface area contributed by atoms with Gasteiger partial charge >= 0.3 is 0 Å². The first-order valence-electron chi connectivity index (χ1n) is 10.1. The molecule has 0 aliphatic carbocycles. The molecule has 4 rings (SSSR count). The van der Waals surface area contributed by atoms with E-state index in [9.17, 15) is 4.79 Å². The summed E-state index contributed by atoms with van der Waals surface area (Å²) in [4.78, 5) is 18.0. The monoisotopic (exact) mass is 428 g/mol. The largest absolute Gasteiger partial charge is 0.489 e. The van der Waals surface area contributed by atoms with Gasteiger partial charge in [-0.15, -0.1) is 0 Å². The highest BCUT2D eigenvalue weighted by atomic mass is 32.1. The van der Waals surface area contributed by atoms with Crippen LogP contribution in [0.25, 0.3) is 10.4 Å². The quantitative estimate of drug-likeness (QED) is 0.378. The van der Waals surface area contributed by atoms with Gasteiger partial charge in [0.15, 0.2) is 5.13 Å². The minimum atomic E-state index is -0.174. The lowest BCUT2D eigenvalue weighted by atomic mass is 10.1. The first-order valence-corrected chi connectivity index (χ1v) is 10.9. The molecule has 1 aromatic heterocycles. The number of carbonyl (C=O) groups excluding carboxylic acids is 1. The number of aryl methyl sites for hydroxylation is 3. The van der Waals surface area contributed by atoms with Crippen molar-refractivity contribution in [3.05, 3.63) is 101 Å². The van der Waals surface area contributed by atoms with Crippen LogP contribution in [0.5, 0.6) is 5.75 Å². The van der Waals surface area contributed by atoms with Crippen LogP contribution >= 0.6 is 11.3 Å². The van der Waals surface area contributed by atoms with Gasteiger partial charge in [0.1, 0.15) is 12.4 Å². The van der Waals surface area contributed by atoms with E-state index >= 15 is 0 Å². The fraction of sp³-hybridized carbons (Fsp3) is 0.154. The molecule has 0 aliphatic rings. The van der Waals surface area contributed by atoms with Gasteiger partial charge in [-0.1, -0.05) is 59.4 Å². The predicted molar refractivity (Wildman–Crippen MR) is 127 cm³/mol. The average molecular weight is 429 g/mol. The van der Waals surface area contributed by atoms with E-state index in [1.165, 1.54) is 28.0 Å². The van der Waals surface area contributed by atoms with Crippen LogP contribution in [0.15, 0.2) is 72.9 Å². The fourth-order valence-electron chi connectivity index (χ4n) is 3.08. The van der Waals surface area contributed by atoms with Crippen LogP contribution in [0.4, 0.5) is 5.13 Å². The van der Waals surface area contributed by atoms with Crippen LogP contribution in [0.1, 0.15) is 32.6 Å². The Kier molecular flexibility index (Phi) is 6.14. The molecule has 0 saturated heterocycles. The Labute approximate surface area is 186 Å². The molecule has 31 heavy (non-hydrogen) atoms. The van der Waals surface area contributed by atoms with E-state index < -0.39 is 0 Å². The summed E-state index contributed by atoms with van der Waals surface area (Å²) in [5.74, 6) is 0.655. The number of anilines is 1. The Bertz CT molecular complexity index is 1200. The van der Waals surface area contributed by atoms with E-state index in [2.05, 4.69) is 42.3 Å². The molecule has 0 radical (unpaired) electrons. The normalized spacial score (nSPS) is 10.7. The van der Waals surface area contributed by atoms with E-state index in [0.717, 1.165) is 21.8 Å². The minimum absolute atomic E-state index is 0.174. The Balaban J connectivity index is 1.37. The third kappa shape index (κ3) is 5.19. The number of aromatic nitrogens is 1. The minimum Gasteiger partial charge on any atom is -0.489 e. The Morgan fingerprint density at radius 3 is 2.39 bits per heavy atom. The molecule has 0 atom stereocenters. The molecule has 4 aromatic rings. The van der Waals surface area contributed by atoms with Crippen LogP contribution in [0.3, 0.4) is 0 Å². The second-order valence-corrected chi connectivity index (χ2v) is 8.61. The first kappa shape index (κ1) is 20.8. The van der Waals surface area contributed by atoms with Crippen molar-refractivity contribution in [3.8, 4) is 16.2 Å². The summed E-state index contributed by atoms with van der Waals surface area (Å²) in [6.07, 6.45) is 1.80. The summed E-state index contributed by atoms with van der Waals surface area (Å²) in [6.45, 7) is 6.69. The topological polar surface area (TPSA) is 51.2 Å². The number of rotatable bonds is 6. The summed E-state index contributed by atoms with van der Waals surface area (Å²) >= 11 is 1.47. The van der Waals surface area contributed by atoms with Crippen LogP contribution in [0.2, 0.25) is 0 Å². The average Bonchev–Trinajstić information content (AvgIpc) is 3.24. The lowest BCUT2D eigenvalue weighted by Gasteiger charge is -2.07. The lowest BCUT2D eigenvalue weighted by molar-refractivity contribution is 0.102. The van der Waals surface area contributed by atoms with Crippen molar-refractivity contribution in [2.75, 3.05) is 5.32 Å². The van der Waals surface area contributed by atoms with Crippen molar-refractivity contribution in [3.63, 3.8) is 0 Å². The Morgan fingerprint density at radius 2 is 1.68 bits per heavy atom. The maximum atomic E-state index is 12.6. The number of thiazole rings is 1. The van der Waals surface area contributed by atoms with Crippen molar-refractivity contribution in [2.45, 2.75) is 27.4 Å². The number of nitrogens with one attached hydrogen (secondary N) is 1. The highest BCUT2D eigenvalue weighted by molar-refractivity contribution is 7.19. The molecular formula is C26H24N2O2S. The molecule has 0 aliphatic heterocycles. The Hall–Kier alpha value is -3.44. The zero-order chi connectivity index (χ0) is 21.8. The number of nitrogens with zero attached hydrogens (tertiary/aromatic N) is 1. The van der Waals surface area contributed by atoms with Crippen molar-refractivity contribution in [1.29, 1.82) is 0 Å². The molecule has 1 N–H and O–H groups in total. The molecule has 4 nitrogen and oxygen atoms in total. The van der Waals surface area contributed by atoms with Crippen molar-refractivity contribution in [1.82, 2.24) is 4.98 Å². The summed E-state index contributed by atoms with van der Waals surface area (Å²) in [6, 6.07) is 21.7. The molecule has 5 heteroatoms. The van der Waals surface area contributed by atoms with E-state index in [0.29, 0.717) is 17.3 Å². The van der Waals surface area contributed by atoms with Crippen molar-refractivity contribution in [2.24, 2.45) is 0 Å². The number of benzene rings is 3. The number of hydrogen-bond acceptors (Lipinski definition) is 4. The van der Waals surface area contributed by atoms with Gasteiger partial charge in [-0.05, 0) is 67.3 Å². The number of carbonyl (C=O) groups is 1. The second-order valence-electron chi connectivity index (χ2n) is 7.58. The van der Waals surface area contributed by atoms with E-state index in [1.54, 1.807) is 18.3 Å². The molecular weight excluding hydrogens is 404 g/mol. The van der Waals surface area contributed by atoms with Gasteiger partial charge in [0, 0.05) is 11.8 Å². The highest BCUT2D eigenvalue weighted by Crippen LogP contribution is 2.30.